The maximum atomic E-state index is 10.9. The second kappa shape index (κ2) is 4.63. The molecule has 0 saturated carbocycles. The van der Waals surface area contributed by atoms with Crippen LogP contribution in [0.5, 0.6) is 5.75 Å². The third-order valence-electron chi connectivity index (χ3n) is 2.00. The van der Waals surface area contributed by atoms with Crippen LogP contribution in [-0.2, 0) is 20.9 Å². The van der Waals surface area contributed by atoms with Crippen molar-refractivity contribution in [2.75, 3.05) is 13.4 Å². The van der Waals surface area contributed by atoms with Crippen molar-refractivity contribution in [3.8, 4) is 5.75 Å². The van der Waals surface area contributed by atoms with Crippen molar-refractivity contribution in [3.63, 3.8) is 0 Å². The van der Waals surface area contributed by atoms with Gasteiger partial charge in [0.05, 0.1) is 20.0 Å². The first-order valence-electron chi connectivity index (χ1n) is 4.41. The lowest BCUT2D eigenvalue weighted by Gasteiger charge is -2.10. The van der Waals surface area contributed by atoms with Crippen LogP contribution < -0.4 is 4.74 Å². The van der Waals surface area contributed by atoms with Gasteiger partial charge in [-0.1, -0.05) is 12.1 Å². The summed E-state index contributed by atoms with van der Waals surface area (Å²) in [4.78, 5) is 0. The zero-order valence-electron chi connectivity index (χ0n) is 8.98. The molecule has 1 aromatic carbocycles. The Morgan fingerprint density at radius 3 is 2.53 bits per heavy atom. The molecule has 84 valence electrons. The minimum atomic E-state index is -3.42. The van der Waals surface area contributed by atoms with Crippen LogP contribution in [0.4, 0.5) is 0 Å². The van der Waals surface area contributed by atoms with E-state index in [1.54, 1.807) is 13.2 Å². The predicted octanol–water partition coefficient (Wildman–Crippen LogP) is 1.48. The minimum Gasteiger partial charge on any atom is -0.496 e. The monoisotopic (exact) mass is 230 g/mol. The van der Waals surface area contributed by atoms with E-state index in [2.05, 4.69) is 0 Å². The molecule has 15 heavy (non-hydrogen) atoms. The van der Waals surface area contributed by atoms with Gasteiger partial charge in [-0.25, -0.2) is 0 Å². The molecule has 0 amide bonds. The Morgan fingerprint density at radius 1 is 1.33 bits per heavy atom. The van der Waals surface area contributed by atoms with Crippen molar-refractivity contribution in [2.45, 2.75) is 13.5 Å². The van der Waals surface area contributed by atoms with Gasteiger partial charge in [0.2, 0.25) is 0 Å². The summed E-state index contributed by atoms with van der Waals surface area (Å²) in [6.07, 6.45) is 1.03. The van der Waals surface area contributed by atoms with Crippen LogP contribution in [0.1, 0.15) is 11.1 Å². The number of aryl methyl sites for hydroxylation is 1. The molecule has 0 bridgehead atoms. The van der Waals surface area contributed by atoms with E-state index < -0.39 is 10.1 Å². The minimum absolute atomic E-state index is 0.00861. The zero-order chi connectivity index (χ0) is 11.5. The molecule has 0 aliphatic carbocycles. The predicted molar refractivity (Wildman–Crippen MR) is 57.4 cm³/mol. The number of benzene rings is 1. The van der Waals surface area contributed by atoms with Crippen molar-refractivity contribution in [1.29, 1.82) is 0 Å². The van der Waals surface area contributed by atoms with Gasteiger partial charge in [0.15, 0.2) is 0 Å². The fraction of sp³-hybridized carbons (Fsp3) is 0.400. The van der Waals surface area contributed by atoms with Gasteiger partial charge in [-0.2, -0.15) is 8.42 Å². The van der Waals surface area contributed by atoms with E-state index in [1.807, 2.05) is 19.1 Å². The summed E-state index contributed by atoms with van der Waals surface area (Å²) in [5, 5.41) is 0. The molecule has 0 aliphatic rings. The van der Waals surface area contributed by atoms with Crippen LogP contribution in [0, 0.1) is 6.92 Å². The van der Waals surface area contributed by atoms with E-state index in [9.17, 15) is 8.42 Å². The molecule has 0 atom stereocenters. The van der Waals surface area contributed by atoms with E-state index >= 15 is 0 Å². The van der Waals surface area contributed by atoms with Crippen LogP contribution in [0.15, 0.2) is 18.2 Å². The summed E-state index contributed by atoms with van der Waals surface area (Å²) in [5.41, 5.74) is 1.70. The Bertz CT molecular complexity index is 437. The average molecular weight is 230 g/mol. The standard InChI is InChI=1S/C10H14O4S/c1-8-5-4-6-10(13-2)9(8)7-14-15(3,11)12/h4-6H,7H2,1-3H3. The zero-order valence-corrected chi connectivity index (χ0v) is 9.80. The van der Waals surface area contributed by atoms with Crippen molar-refractivity contribution in [2.24, 2.45) is 0 Å². The number of hydrogen-bond acceptors (Lipinski definition) is 4. The molecule has 0 aromatic heterocycles. The second-order valence-electron chi connectivity index (χ2n) is 3.22. The van der Waals surface area contributed by atoms with Gasteiger partial charge in [-0.3, -0.25) is 4.18 Å². The van der Waals surface area contributed by atoms with Gasteiger partial charge in [0, 0.05) is 5.56 Å². The van der Waals surface area contributed by atoms with E-state index in [1.165, 1.54) is 0 Å². The molecular formula is C10H14O4S. The smallest absolute Gasteiger partial charge is 0.264 e. The van der Waals surface area contributed by atoms with Crippen molar-refractivity contribution in [3.05, 3.63) is 29.3 Å². The van der Waals surface area contributed by atoms with Crippen molar-refractivity contribution >= 4 is 10.1 Å². The molecular weight excluding hydrogens is 216 g/mol. The SMILES string of the molecule is COc1cccc(C)c1COS(C)(=O)=O. The fourth-order valence-corrected chi connectivity index (χ4v) is 1.55. The molecule has 1 rings (SSSR count). The molecule has 0 unspecified atom stereocenters. The van der Waals surface area contributed by atoms with Gasteiger partial charge >= 0.3 is 0 Å². The highest BCUT2D eigenvalue weighted by Crippen LogP contribution is 2.22. The molecule has 4 nitrogen and oxygen atoms in total. The van der Waals surface area contributed by atoms with E-state index in [0.29, 0.717) is 5.75 Å². The normalized spacial score (nSPS) is 11.4. The third-order valence-corrected chi connectivity index (χ3v) is 2.55. The quantitative estimate of drug-likeness (QED) is 0.735. The van der Waals surface area contributed by atoms with E-state index in [4.69, 9.17) is 8.92 Å². The van der Waals surface area contributed by atoms with Crippen molar-refractivity contribution < 1.29 is 17.3 Å². The molecule has 0 aliphatic heterocycles. The maximum Gasteiger partial charge on any atom is 0.264 e. The van der Waals surface area contributed by atoms with E-state index in [-0.39, 0.29) is 6.61 Å². The van der Waals surface area contributed by atoms with Gasteiger partial charge in [0.1, 0.15) is 5.75 Å². The summed E-state index contributed by atoms with van der Waals surface area (Å²) in [6.45, 7) is 1.89. The van der Waals surface area contributed by atoms with Gasteiger partial charge in [-0.15, -0.1) is 0 Å². The Balaban J connectivity index is 2.93. The largest absolute Gasteiger partial charge is 0.496 e. The highest BCUT2D eigenvalue weighted by molar-refractivity contribution is 7.85. The summed E-state index contributed by atoms with van der Waals surface area (Å²) < 4.78 is 31.6. The molecule has 0 N–H and O–H groups in total. The molecule has 0 heterocycles. The van der Waals surface area contributed by atoms with Crippen LogP contribution in [0.25, 0.3) is 0 Å². The molecule has 5 heteroatoms. The third kappa shape index (κ3) is 3.53. The first-order valence-corrected chi connectivity index (χ1v) is 6.22. The Morgan fingerprint density at radius 2 is 2.00 bits per heavy atom. The first kappa shape index (κ1) is 12.0. The first-order chi connectivity index (χ1) is 6.94. The number of rotatable bonds is 4. The summed E-state index contributed by atoms with van der Waals surface area (Å²) in [7, 11) is -1.88. The molecule has 0 spiro atoms. The lowest BCUT2D eigenvalue weighted by Crippen LogP contribution is -2.05. The number of ether oxygens (including phenoxy) is 1. The van der Waals surface area contributed by atoms with Gasteiger partial charge in [0.25, 0.3) is 10.1 Å². The maximum absolute atomic E-state index is 10.9. The molecule has 1 aromatic rings. The topological polar surface area (TPSA) is 52.6 Å². The van der Waals surface area contributed by atoms with Crippen LogP contribution in [-0.4, -0.2) is 21.8 Å². The average Bonchev–Trinajstić information content (AvgIpc) is 2.14. The Kier molecular flexibility index (Phi) is 3.71. The summed E-state index contributed by atoms with van der Waals surface area (Å²) in [5.74, 6) is 0.638. The Hall–Kier alpha value is -1.07. The van der Waals surface area contributed by atoms with Gasteiger partial charge in [-0.05, 0) is 18.6 Å². The van der Waals surface area contributed by atoms with Crippen LogP contribution >= 0.6 is 0 Å². The lowest BCUT2D eigenvalue weighted by molar-refractivity contribution is 0.301. The van der Waals surface area contributed by atoms with Crippen LogP contribution in [0.2, 0.25) is 0 Å². The van der Waals surface area contributed by atoms with Crippen molar-refractivity contribution in [1.82, 2.24) is 0 Å². The molecule has 0 saturated heterocycles. The summed E-state index contributed by atoms with van der Waals surface area (Å²) >= 11 is 0. The number of methoxy groups -OCH3 is 1. The highest BCUT2D eigenvalue weighted by Gasteiger charge is 2.09. The Labute approximate surface area is 90.0 Å². The highest BCUT2D eigenvalue weighted by atomic mass is 32.2. The lowest BCUT2D eigenvalue weighted by atomic mass is 10.1. The van der Waals surface area contributed by atoms with E-state index in [0.717, 1.165) is 17.4 Å². The fourth-order valence-electron chi connectivity index (χ4n) is 1.22. The molecule has 0 fully saturated rings. The summed E-state index contributed by atoms with van der Waals surface area (Å²) in [6, 6.07) is 5.50. The van der Waals surface area contributed by atoms with Gasteiger partial charge < -0.3 is 4.74 Å². The van der Waals surface area contributed by atoms with Crippen LogP contribution in [0.3, 0.4) is 0 Å². The molecule has 0 radical (unpaired) electrons. The second-order valence-corrected chi connectivity index (χ2v) is 4.87. The number of hydrogen-bond donors (Lipinski definition) is 0.